The number of fused-ring (bicyclic) bond motifs is 5. The van der Waals surface area contributed by atoms with Gasteiger partial charge in [0.25, 0.3) is 5.91 Å². The van der Waals surface area contributed by atoms with Crippen molar-refractivity contribution in [2.75, 3.05) is 6.54 Å². The average molecular weight is 225 g/mol. The van der Waals surface area contributed by atoms with Gasteiger partial charge in [-0.05, 0) is 18.6 Å². The number of hydrogen-bond acceptors (Lipinski definition) is 2. The summed E-state index contributed by atoms with van der Waals surface area (Å²) in [4.78, 5) is 18.5. The molecule has 17 heavy (non-hydrogen) atoms. The Morgan fingerprint density at radius 1 is 1.29 bits per heavy atom. The largest absolute Gasteiger partial charge is 0.330 e. The molecule has 0 spiro atoms. The molecule has 84 valence electrons. The Bertz CT molecular complexity index is 617. The van der Waals surface area contributed by atoms with Gasteiger partial charge in [0.05, 0.1) is 35.5 Å². The van der Waals surface area contributed by atoms with E-state index in [0.29, 0.717) is 0 Å². The second-order valence-corrected chi connectivity index (χ2v) is 4.51. The van der Waals surface area contributed by atoms with E-state index < -0.39 is 0 Å². The molecule has 1 aromatic carbocycles. The van der Waals surface area contributed by atoms with Crippen molar-refractivity contribution in [1.82, 2.24) is 14.5 Å². The normalized spacial score (nSPS) is 21.1. The smallest absolute Gasteiger partial charge is 0.256 e. The van der Waals surface area contributed by atoms with Gasteiger partial charge in [-0.2, -0.15) is 0 Å². The predicted octanol–water partition coefficient (Wildman–Crippen LogP) is 1.77. The highest BCUT2D eigenvalue weighted by atomic mass is 16.2. The molecule has 0 radical (unpaired) electrons. The lowest BCUT2D eigenvalue weighted by Crippen LogP contribution is -2.44. The Labute approximate surface area is 98.5 Å². The van der Waals surface area contributed by atoms with E-state index >= 15 is 0 Å². The summed E-state index contributed by atoms with van der Waals surface area (Å²) in [5.74, 6) is 0.139. The van der Waals surface area contributed by atoms with Crippen molar-refractivity contribution in [1.29, 1.82) is 0 Å². The van der Waals surface area contributed by atoms with Crippen molar-refractivity contribution in [3.05, 3.63) is 48.0 Å². The van der Waals surface area contributed by atoms with Crippen molar-refractivity contribution in [3.63, 3.8) is 0 Å². The van der Waals surface area contributed by atoms with Crippen molar-refractivity contribution in [2.24, 2.45) is 0 Å². The molecule has 1 saturated heterocycles. The van der Waals surface area contributed by atoms with Crippen LogP contribution in [0.25, 0.3) is 5.69 Å². The third-order valence-corrected chi connectivity index (χ3v) is 3.68. The maximum atomic E-state index is 12.4. The number of aromatic nitrogens is 2. The first-order valence-electron chi connectivity index (χ1n) is 5.79. The highest BCUT2D eigenvalue weighted by Gasteiger charge is 2.39. The zero-order valence-corrected chi connectivity index (χ0v) is 9.21. The van der Waals surface area contributed by atoms with E-state index in [1.165, 1.54) is 0 Å². The number of benzene rings is 1. The van der Waals surface area contributed by atoms with Gasteiger partial charge in [0.1, 0.15) is 0 Å². The number of para-hydroxylation sites is 1. The number of imidazole rings is 1. The summed E-state index contributed by atoms with van der Waals surface area (Å²) in [5, 5.41) is 0. The highest BCUT2D eigenvalue weighted by molar-refractivity contribution is 5.99. The molecule has 1 amide bonds. The molecule has 0 N–H and O–H groups in total. The topological polar surface area (TPSA) is 38.1 Å². The molecular weight excluding hydrogens is 214 g/mol. The maximum Gasteiger partial charge on any atom is 0.256 e. The van der Waals surface area contributed by atoms with Crippen LogP contribution in [0.1, 0.15) is 28.5 Å². The molecule has 0 bridgehead atoms. The minimum Gasteiger partial charge on any atom is -0.330 e. The Balaban J connectivity index is 2.05. The van der Waals surface area contributed by atoms with Crippen LogP contribution in [-0.2, 0) is 0 Å². The Hall–Kier alpha value is -2.10. The van der Waals surface area contributed by atoms with E-state index in [0.717, 1.165) is 29.9 Å². The zero-order valence-electron chi connectivity index (χ0n) is 9.21. The quantitative estimate of drug-likeness (QED) is 0.685. The molecule has 4 heteroatoms. The molecule has 4 nitrogen and oxygen atoms in total. The van der Waals surface area contributed by atoms with E-state index in [2.05, 4.69) is 4.98 Å². The molecule has 2 aliphatic heterocycles. The summed E-state index contributed by atoms with van der Waals surface area (Å²) in [6.45, 7) is 0.850. The van der Waals surface area contributed by atoms with E-state index in [4.69, 9.17) is 0 Å². The van der Waals surface area contributed by atoms with E-state index in [9.17, 15) is 4.79 Å². The monoisotopic (exact) mass is 225 g/mol. The molecule has 2 aliphatic rings. The minimum absolute atomic E-state index is 0.139. The average Bonchev–Trinajstić information content (AvgIpc) is 2.74. The lowest BCUT2D eigenvalue weighted by atomic mass is 10.00. The number of hydrogen-bond donors (Lipinski definition) is 0. The van der Waals surface area contributed by atoms with Crippen LogP contribution in [0.15, 0.2) is 36.8 Å². The number of carbonyl (C=O) groups excluding carboxylic acids is 1. The van der Waals surface area contributed by atoms with Crippen LogP contribution in [0, 0.1) is 0 Å². The molecule has 4 rings (SSSR count). The third-order valence-electron chi connectivity index (χ3n) is 3.68. The lowest BCUT2D eigenvalue weighted by Gasteiger charge is -2.39. The molecule has 2 aromatic rings. The molecular formula is C13H11N3O. The van der Waals surface area contributed by atoms with E-state index in [1.807, 2.05) is 39.9 Å². The summed E-state index contributed by atoms with van der Waals surface area (Å²) in [6.07, 6.45) is 4.70. The number of nitrogens with zero attached hydrogens (tertiary/aromatic N) is 3. The number of amides is 1. The van der Waals surface area contributed by atoms with Crippen molar-refractivity contribution in [2.45, 2.75) is 12.5 Å². The summed E-state index contributed by atoms with van der Waals surface area (Å²) < 4.78 is 2.04. The fraction of sp³-hybridized carbons (Fsp3) is 0.231. The molecule has 1 aromatic heterocycles. The summed E-state index contributed by atoms with van der Waals surface area (Å²) >= 11 is 0. The zero-order chi connectivity index (χ0) is 11.4. The van der Waals surface area contributed by atoms with Gasteiger partial charge in [-0.15, -0.1) is 0 Å². The van der Waals surface area contributed by atoms with Gasteiger partial charge < -0.3 is 9.47 Å². The summed E-state index contributed by atoms with van der Waals surface area (Å²) in [7, 11) is 0. The van der Waals surface area contributed by atoms with E-state index in [-0.39, 0.29) is 11.9 Å². The van der Waals surface area contributed by atoms with Crippen molar-refractivity contribution >= 4 is 5.91 Å². The minimum atomic E-state index is 0.139. The first-order chi connectivity index (χ1) is 8.36. The SMILES string of the molecule is O=C1c2ccccc2-n2cncc2[C@@H]2CCN12. The standard InChI is InChI=1S/C13H11N3O/c17-13-9-3-1-2-4-10(9)16-8-14-7-12(16)11-5-6-15(11)13/h1-4,7-8,11H,5-6H2/t11-/m0/s1. The maximum absolute atomic E-state index is 12.4. The predicted molar refractivity (Wildman–Crippen MR) is 62.0 cm³/mol. The Kier molecular flexibility index (Phi) is 1.57. The summed E-state index contributed by atoms with van der Waals surface area (Å²) in [5.41, 5.74) is 2.84. The first kappa shape index (κ1) is 8.98. The molecule has 0 saturated carbocycles. The van der Waals surface area contributed by atoms with E-state index in [1.54, 1.807) is 6.33 Å². The van der Waals surface area contributed by atoms with Crippen LogP contribution in [0.2, 0.25) is 0 Å². The Morgan fingerprint density at radius 2 is 2.18 bits per heavy atom. The molecule has 0 aliphatic carbocycles. The van der Waals surface area contributed by atoms with Gasteiger partial charge in [0.15, 0.2) is 0 Å². The van der Waals surface area contributed by atoms with Gasteiger partial charge in [0.2, 0.25) is 0 Å². The molecule has 0 unspecified atom stereocenters. The molecule has 3 heterocycles. The molecule has 1 atom stereocenters. The fourth-order valence-electron chi connectivity index (χ4n) is 2.71. The van der Waals surface area contributed by atoms with Gasteiger partial charge in [-0.3, -0.25) is 4.79 Å². The van der Waals surface area contributed by atoms with Gasteiger partial charge in [0, 0.05) is 6.54 Å². The van der Waals surface area contributed by atoms with Gasteiger partial charge in [-0.1, -0.05) is 12.1 Å². The van der Waals surface area contributed by atoms with Crippen molar-refractivity contribution < 1.29 is 4.79 Å². The van der Waals surface area contributed by atoms with Crippen LogP contribution < -0.4 is 0 Å². The van der Waals surface area contributed by atoms with Gasteiger partial charge in [-0.25, -0.2) is 4.98 Å². The summed E-state index contributed by atoms with van der Waals surface area (Å²) in [6, 6.07) is 7.94. The second kappa shape index (κ2) is 2.97. The van der Waals surface area contributed by atoms with Crippen LogP contribution in [-0.4, -0.2) is 26.9 Å². The van der Waals surface area contributed by atoms with Gasteiger partial charge >= 0.3 is 0 Å². The third kappa shape index (κ3) is 1.02. The first-order valence-corrected chi connectivity index (χ1v) is 5.79. The Morgan fingerprint density at radius 3 is 3.00 bits per heavy atom. The van der Waals surface area contributed by atoms with Crippen LogP contribution in [0.3, 0.4) is 0 Å². The highest BCUT2D eigenvalue weighted by Crippen LogP contribution is 2.38. The van der Waals surface area contributed by atoms with Crippen LogP contribution >= 0.6 is 0 Å². The van der Waals surface area contributed by atoms with Crippen molar-refractivity contribution in [3.8, 4) is 5.69 Å². The number of carbonyl (C=O) groups is 1. The lowest BCUT2D eigenvalue weighted by molar-refractivity contribution is 0.0460. The fourth-order valence-corrected chi connectivity index (χ4v) is 2.71. The number of rotatable bonds is 0. The second-order valence-electron chi connectivity index (χ2n) is 4.51. The van der Waals surface area contributed by atoms with Crippen LogP contribution in [0.4, 0.5) is 0 Å². The van der Waals surface area contributed by atoms with Crippen LogP contribution in [0.5, 0.6) is 0 Å². The molecule has 1 fully saturated rings.